The number of anilines is 1. The van der Waals surface area contributed by atoms with Crippen molar-refractivity contribution in [3.8, 4) is 0 Å². The molecule has 0 aromatic carbocycles. The van der Waals surface area contributed by atoms with Crippen LogP contribution in [0.3, 0.4) is 0 Å². The maximum absolute atomic E-state index is 11.6. The molecule has 0 aliphatic carbocycles. The van der Waals surface area contributed by atoms with Crippen molar-refractivity contribution in [2.24, 2.45) is 0 Å². The lowest BCUT2D eigenvalue weighted by atomic mass is 10.2. The van der Waals surface area contributed by atoms with Crippen molar-refractivity contribution in [1.29, 1.82) is 0 Å². The van der Waals surface area contributed by atoms with Gasteiger partial charge in [-0.3, -0.25) is 9.89 Å². The summed E-state index contributed by atoms with van der Waals surface area (Å²) in [6.07, 6.45) is 3.20. The minimum Gasteiger partial charge on any atom is -0.361 e. The predicted octanol–water partition coefficient (Wildman–Crippen LogP) is 1.89. The molecule has 0 unspecified atom stereocenters. The summed E-state index contributed by atoms with van der Waals surface area (Å²) in [5.74, 6) is 1.87. The van der Waals surface area contributed by atoms with Gasteiger partial charge in [-0.25, -0.2) is 0 Å². The number of nitrogens with one attached hydrogen (secondary N) is 2. The summed E-state index contributed by atoms with van der Waals surface area (Å²) in [6, 6.07) is 0. The van der Waals surface area contributed by atoms with E-state index in [4.69, 9.17) is 4.52 Å². The molecular weight excluding hydrogens is 252 g/mol. The van der Waals surface area contributed by atoms with Gasteiger partial charge in [0.25, 0.3) is 0 Å². The molecule has 0 saturated carbocycles. The second-order valence-corrected chi connectivity index (χ2v) is 4.82. The van der Waals surface area contributed by atoms with Gasteiger partial charge in [-0.05, 0) is 13.8 Å². The van der Waals surface area contributed by atoms with E-state index in [0.29, 0.717) is 11.4 Å². The molecule has 0 bridgehead atoms. The van der Waals surface area contributed by atoms with Gasteiger partial charge >= 0.3 is 0 Å². The summed E-state index contributed by atoms with van der Waals surface area (Å²) in [5.41, 5.74) is 2.63. The molecule has 2 N–H and O–H groups in total. The number of aryl methyl sites for hydroxylation is 2. The van der Waals surface area contributed by atoms with E-state index in [2.05, 4.69) is 20.7 Å². The fourth-order valence-electron chi connectivity index (χ4n) is 1.47. The number of amides is 1. The normalized spacial score (nSPS) is 10.6. The van der Waals surface area contributed by atoms with Crippen LogP contribution in [0, 0.1) is 13.8 Å². The van der Waals surface area contributed by atoms with Crippen molar-refractivity contribution < 1.29 is 9.32 Å². The van der Waals surface area contributed by atoms with Crippen molar-refractivity contribution in [2.75, 3.05) is 11.1 Å². The lowest BCUT2D eigenvalue weighted by molar-refractivity contribution is -0.113. The van der Waals surface area contributed by atoms with Crippen LogP contribution in [-0.4, -0.2) is 27.0 Å². The van der Waals surface area contributed by atoms with Gasteiger partial charge in [-0.1, -0.05) is 5.16 Å². The second-order valence-electron chi connectivity index (χ2n) is 3.83. The van der Waals surface area contributed by atoms with Gasteiger partial charge in [0.15, 0.2) is 0 Å². The van der Waals surface area contributed by atoms with Crippen LogP contribution in [-0.2, 0) is 10.5 Å². The van der Waals surface area contributed by atoms with E-state index in [0.717, 1.165) is 22.8 Å². The Balaban J connectivity index is 1.77. The number of thioether (sulfide) groups is 1. The van der Waals surface area contributed by atoms with Crippen LogP contribution in [0.15, 0.2) is 16.9 Å². The quantitative estimate of drug-likeness (QED) is 0.863. The summed E-state index contributed by atoms with van der Waals surface area (Å²) >= 11 is 1.53. The summed E-state index contributed by atoms with van der Waals surface area (Å²) in [6.45, 7) is 3.78. The number of nitrogens with zero attached hydrogens (tertiary/aromatic N) is 2. The smallest absolute Gasteiger partial charge is 0.234 e. The van der Waals surface area contributed by atoms with Crippen molar-refractivity contribution >= 4 is 23.4 Å². The molecule has 2 rings (SSSR count). The van der Waals surface area contributed by atoms with Crippen LogP contribution < -0.4 is 5.32 Å². The first kappa shape index (κ1) is 12.7. The van der Waals surface area contributed by atoms with Crippen molar-refractivity contribution in [3.63, 3.8) is 0 Å². The van der Waals surface area contributed by atoms with Crippen molar-refractivity contribution in [3.05, 3.63) is 29.4 Å². The molecule has 2 aromatic heterocycles. The van der Waals surface area contributed by atoms with Gasteiger partial charge in [0, 0.05) is 17.5 Å². The third-order valence-corrected chi connectivity index (χ3v) is 3.40. The van der Waals surface area contributed by atoms with Crippen molar-refractivity contribution in [1.82, 2.24) is 15.4 Å². The molecule has 6 nitrogen and oxygen atoms in total. The Morgan fingerprint density at radius 1 is 1.56 bits per heavy atom. The molecule has 2 heterocycles. The van der Waals surface area contributed by atoms with E-state index in [1.54, 1.807) is 12.4 Å². The zero-order chi connectivity index (χ0) is 13.0. The Morgan fingerprint density at radius 2 is 2.39 bits per heavy atom. The average Bonchev–Trinajstić information content (AvgIpc) is 2.93. The molecule has 0 radical (unpaired) electrons. The third-order valence-electron chi connectivity index (χ3n) is 2.44. The number of carbonyl (C=O) groups excluding carboxylic acids is 1. The molecular formula is C11H14N4O2S. The van der Waals surface area contributed by atoms with Crippen LogP contribution in [0.1, 0.15) is 17.0 Å². The van der Waals surface area contributed by atoms with E-state index in [1.807, 2.05) is 13.8 Å². The lowest BCUT2D eigenvalue weighted by Gasteiger charge is -2.02. The largest absolute Gasteiger partial charge is 0.361 e. The van der Waals surface area contributed by atoms with Crippen LogP contribution in [0.2, 0.25) is 0 Å². The van der Waals surface area contributed by atoms with Crippen LogP contribution in [0.5, 0.6) is 0 Å². The van der Waals surface area contributed by atoms with Gasteiger partial charge in [-0.15, -0.1) is 11.8 Å². The molecule has 7 heteroatoms. The summed E-state index contributed by atoms with van der Waals surface area (Å²) in [4.78, 5) is 11.6. The van der Waals surface area contributed by atoms with Gasteiger partial charge in [0.2, 0.25) is 5.91 Å². The number of H-pyrrole nitrogens is 1. The summed E-state index contributed by atoms with van der Waals surface area (Å²) in [5, 5.41) is 13.0. The molecule has 2 aromatic rings. The Kier molecular flexibility index (Phi) is 4.03. The van der Waals surface area contributed by atoms with E-state index in [9.17, 15) is 4.79 Å². The topological polar surface area (TPSA) is 83.8 Å². The maximum atomic E-state index is 11.6. The maximum Gasteiger partial charge on any atom is 0.234 e. The highest BCUT2D eigenvalue weighted by molar-refractivity contribution is 7.99. The highest BCUT2D eigenvalue weighted by atomic mass is 32.2. The molecule has 18 heavy (non-hydrogen) atoms. The lowest BCUT2D eigenvalue weighted by Crippen LogP contribution is -2.13. The monoisotopic (exact) mass is 266 g/mol. The van der Waals surface area contributed by atoms with E-state index >= 15 is 0 Å². The van der Waals surface area contributed by atoms with E-state index in [-0.39, 0.29) is 5.91 Å². The molecule has 1 amide bonds. The predicted molar refractivity (Wildman–Crippen MR) is 69.4 cm³/mol. The fraction of sp³-hybridized carbons (Fsp3) is 0.364. The molecule has 0 aliphatic heterocycles. The molecule has 0 atom stereocenters. The Labute approximate surface area is 109 Å². The van der Waals surface area contributed by atoms with Crippen LogP contribution in [0.25, 0.3) is 0 Å². The molecule has 0 saturated heterocycles. The first-order valence-corrected chi connectivity index (χ1v) is 6.60. The summed E-state index contributed by atoms with van der Waals surface area (Å²) < 4.78 is 5.06. The third kappa shape index (κ3) is 3.13. The van der Waals surface area contributed by atoms with Crippen LogP contribution >= 0.6 is 11.8 Å². The van der Waals surface area contributed by atoms with Gasteiger partial charge < -0.3 is 9.84 Å². The average molecular weight is 266 g/mol. The van der Waals surface area contributed by atoms with Gasteiger partial charge in [-0.2, -0.15) is 5.10 Å². The van der Waals surface area contributed by atoms with Crippen molar-refractivity contribution in [2.45, 2.75) is 19.6 Å². The molecule has 0 fully saturated rings. The van der Waals surface area contributed by atoms with E-state index < -0.39 is 0 Å². The number of hydrogen-bond donors (Lipinski definition) is 2. The number of carbonyl (C=O) groups is 1. The first-order chi connectivity index (χ1) is 8.66. The van der Waals surface area contributed by atoms with Gasteiger partial charge in [0.05, 0.1) is 23.3 Å². The number of aromatic nitrogens is 3. The second kappa shape index (κ2) is 5.72. The standard InChI is InChI=1S/C11H14N4O2S/c1-7-10(8(2)17-15-7)5-18-6-11(16)14-9-3-12-13-4-9/h3-4H,5-6H2,1-2H3,(H,12,13)(H,14,16). The Hall–Kier alpha value is -1.76. The highest BCUT2D eigenvalue weighted by Crippen LogP contribution is 2.19. The first-order valence-electron chi connectivity index (χ1n) is 5.45. The molecule has 0 aliphatic rings. The van der Waals surface area contributed by atoms with Gasteiger partial charge in [0.1, 0.15) is 5.76 Å². The minimum absolute atomic E-state index is 0.0480. The van der Waals surface area contributed by atoms with Crippen LogP contribution in [0.4, 0.5) is 5.69 Å². The Morgan fingerprint density at radius 3 is 3.00 bits per heavy atom. The fourth-order valence-corrected chi connectivity index (χ4v) is 2.45. The zero-order valence-electron chi connectivity index (χ0n) is 10.2. The molecule has 0 spiro atoms. The Bertz CT molecular complexity index is 502. The summed E-state index contributed by atoms with van der Waals surface area (Å²) in [7, 11) is 0. The zero-order valence-corrected chi connectivity index (χ0v) is 11.0. The minimum atomic E-state index is -0.0480. The SMILES string of the molecule is Cc1noc(C)c1CSCC(=O)Nc1cn[nH]c1. The molecule has 96 valence electrons. The number of rotatable bonds is 5. The number of hydrogen-bond acceptors (Lipinski definition) is 5. The highest BCUT2D eigenvalue weighted by Gasteiger charge is 2.10. The number of aromatic amines is 1. The van der Waals surface area contributed by atoms with E-state index in [1.165, 1.54) is 11.8 Å².